The number of halogens is 1. The van der Waals surface area contributed by atoms with E-state index in [4.69, 9.17) is 16.3 Å². The first kappa shape index (κ1) is 18.0. The second-order valence-electron chi connectivity index (χ2n) is 5.72. The number of hydrogen-bond donors (Lipinski definition) is 1. The normalized spacial score (nSPS) is 11.0. The topological polar surface area (TPSA) is 84.7 Å². The lowest BCUT2D eigenvalue weighted by Gasteiger charge is -2.21. The molecule has 0 aliphatic heterocycles. The number of hydrogen-bond acceptors (Lipinski definition) is 5. The first-order valence-corrected chi connectivity index (χ1v) is 7.12. The van der Waals surface area contributed by atoms with E-state index in [0.717, 1.165) is 0 Å². The van der Waals surface area contributed by atoms with Gasteiger partial charge in [0.15, 0.2) is 0 Å². The maximum Gasteiger partial charge on any atom is 0.412 e. The SMILES string of the molecule is CCN(C)c1cc(NC(=O)OC(C)(C)C)c([N+](=O)[O-])cc1Cl. The summed E-state index contributed by atoms with van der Waals surface area (Å²) >= 11 is 6.07. The molecule has 0 radical (unpaired) electrons. The Bertz CT molecular complexity index is 584. The number of carbonyl (C=O) groups excluding carboxylic acids is 1. The van der Waals surface area contributed by atoms with E-state index in [0.29, 0.717) is 12.2 Å². The summed E-state index contributed by atoms with van der Waals surface area (Å²) in [6.07, 6.45) is -0.761. The monoisotopic (exact) mass is 329 g/mol. The molecule has 0 fully saturated rings. The van der Waals surface area contributed by atoms with Crippen molar-refractivity contribution >= 4 is 34.8 Å². The molecule has 1 rings (SSSR count). The second-order valence-corrected chi connectivity index (χ2v) is 6.13. The molecule has 0 aromatic heterocycles. The quantitative estimate of drug-likeness (QED) is 0.665. The molecule has 0 aliphatic rings. The number of nitro benzene ring substituents is 1. The Labute approximate surface area is 134 Å². The third-order valence-electron chi connectivity index (χ3n) is 2.78. The lowest BCUT2D eigenvalue weighted by atomic mass is 10.2. The van der Waals surface area contributed by atoms with Crippen molar-refractivity contribution in [2.75, 3.05) is 23.8 Å². The van der Waals surface area contributed by atoms with Crippen LogP contribution in [0.5, 0.6) is 0 Å². The highest BCUT2D eigenvalue weighted by Crippen LogP contribution is 2.36. The Balaban J connectivity index is 3.20. The van der Waals surface area contributed by atoms with Gasteiger partial charge in [0.1, 0.15) is 11.3 Å². The molecule has 0 bridgehead atoms. The van der Waals surface area contributed by atoms with Crippen molar-refractivity contribution in [1.82, 2.24) is 0 Å². The number of nitrogens with zero attached hydrogens (tertiary/aromatic N) is 2. The summed E-state index contributed by atoms with van der Waals surface area (Å²) < 4.78 is 5.11. The molecule has 0 aliphatic carbocycles. The number of amides is 1. The zero-order chi connectivity index (χ0) is 17.1. The van der Waals surface area contributed by atoms with Gasteiger partial charge >= 0.3 is 6.09 Å². The predicted octanol–water partition coefficient (Wildman–Crippen LogP) is 4.05. The zero-order valence-corrected chi connectivity index (χ0v) is 14.0. The molecule has 8 heteroatoms. The average molecular weight is 330 g/mol. The molecule has 22 heavy (non-hydrogen) atoms. The highest BCUT2D eigenvalue weighted by molar-refractivity contribution is 6.33. The van der Waals surface area contributed by atoms with Gasteiger partial charge in [-0.3, -0.25) is 15.4 Å². The van der Waals surface area contributed by atoms with Gasteiger partial charge in [0.25, 0.3) is 5.69 Å². The standard InChI is InChI=1S/C14H20ClN3O4/c1-6-17(5)11-8-10(12(18(20)21)7-9(11)15)16-13(19)22-14(2,3)4/h7-8H,6H2,1-5H3,(H,16,19). The number of nitro groups is 1. The minimum absolute atomic E-state index is 0.0407. The third kappa shape index (κ3) is 4.77. The summed E-state index contributed by atoms with van der Waals surface area (Å²) in [5.74, 6) is 0. The number of anilines is 2. The Morgan fingerprint density at radius 3 is 2.50 bits per heavy atom. The Morgan fingerprint density at radius 1 is 1.45 bits per heavy atom. The van der Waals surface area contributed by atoms with Gasteiger partial charge in [-0.1, -0.05) is 11.6 Å². The van der Waals surface area contributed by atoms with Crippen LogP contribution in [0.15, 0.2) is 12.1 Å². The van der Waals surface area contributed by atoms with E-state index in [1.165, 1.54) is 12.1 Å². The lowest BCUT2D eigenvalue weighted by molar-refractivity contribution is -0.383. The molecule has 0 saturated carbocycles. The highest BCUT2D eigenvalue weighted by Gasteiger charge is 2.23. The van der Waals surface area contributed by atoms with Gasteiger partial charge in [0.05, 0.1) is 15.6 Å². The summed E-state index contributed by atoms with van der Waals surface area (Å²) in [6, 6.07) is 2.68. The molecule has 0 unspecified atom stereocenters. The van der Waals surface area contributed by atoms with E-state index >= 15 is 0 Å². The smallest absolute Gasteiger partial charge is 0.412 e. The second kappa shape index (κ2) is 6.83. The van der Waals surface area contributed by atoms with Crippen molar-refractivity contribution in [2.24, 2.45) is 0 Å². The van der Waals surface area contributed by atoms with Crippen molar-refractivity contribution in [2.45, 2.75) is 33.3 Å². The predicted molar refractivity (Wildman–Crippen MR) is 86.9 cm³/mol. The van der Waals surface area contributed by atoms with Gasteiger partial charge in [0, 0.05) is 19.7 Å². The minimum atomic E-state index is -0.761. The van der Waals surface area contributed by atoms with Gasteiger partial charge in [-0.15, -0.1) is 0 Å². The van der Waals surface area contributed by atoms with E-state index in [1.807, 2.05) is 11.8 Å². The molecule has 122 valence electrons. The first-order chi connectivity index (χ1) is 10.0. The molecule has 1 aromatic rings. The van der Waals surface area contributed by atoms with Crippen molar-refractivity contribution < 1.29 is 14.5 Å². The number of rotatable bonds is 4. The summed E-state index contributed by atoms with van der Waals surface area (Å²) in [5, 5.41) is 13.8. The van der Waals surface area contributed by atoms with Crippen LogP contribution in [-0.2, 0) is 4.74 Å². The first-order valence-electron chi connectivity index (χ1n) is 6.74. The molecule has 0 atom stereocenters. The van der Waals surface area contributed by atoms with Crippen LogP contribution in [0.3, 0.4) is 0 Å². The molecular formula is C14H20ClN3O4. The molecule has 7 nitrogen and oxygen atoms in total. The Kier molecular flexibility index (Phi) is 5.59. The van der Waals surface area contributed by atoms with Gasteiger partial charge < -0.3 is 9.64 Å². The van der Waals surface area contributed by atoms with Gasteiger partial charge in [0.2, 0.25) is 0 Å². The van der Waals surface area contributed by atoms with Crippen LogP contribution < -0.4 is 10.2 Å². The molecule has 0 heterocycles. The summed E-state index contributed by atoms with van der Waals surface area (Å²) in [7, 11) is 1.80. The number of benzene rings is 1. The van der Waals surface area contributed by atoms with Gasteiger partial charge in [-0.2, -0.15) is 0 Å². The average Bonchev–Trinajstić information content (AvgIpc) is 2.36. The fraction of sp³-hybridized carbons (Fsp3) is 0.500. The van der Waals surface area contributed by atoms with Gasteiger partial charge in [-0.05, 0) is 33.8 Å². The summed E-state index contributed by atoms with van der Waals surface area (Å²) in [4.78, 5) is 24.2. The van der Waals surface area contributed by atoms with Crippen molar-refractivity contribution in [3.05, 3.63) is 27.3 Å². The zero-order valence-electron chi connectivity index (χ0n) is 13.3. The largest absolute Gasteiger partial charge is 0.444 e. The molecule has 0 saturated heterocycles. The molecule has 1 amide bonds. The number of ether oxygens (including phenoxy) is 1. The maximum absolute atomic E-state index is 11.8. The molecule has 1 N–H and O–H groups in total. The fourth-order valence-electron chi connectivity index (χ4n) is 1.68. The maximum atomic E-state index is 11.8. The van der Waals surface area contributed by atoms with Crippen LogP contribution in [0.2, 0.25) is 5.02 Å². The van der Waals surface area contributed by atoms with E-state index in [1.54, 1.807) is 27.8 Å². The van der Waals surface area contributed by atoms with Gasteiger partial charge in [-0.25, -0.2) is 4.79 Å². The van der Waals surface area contributed by atoms with Crippen molar-refractivity contribution in [3.63, 3.8) is 0 Å². The van der Waals surface area contributed by atoms with Crippen LogP contribution in [0.4, 0.5) is 21.9 Å². The van der Waals surface area contributed by atoms with Crippen LogP contribution in [0.25, 0.3) is 0 Å². The van der Waals surface area contributed by atoms with Crippen LogP contribution >= 0.6 is 11.6 Å². The molecular weight excluding hydrogens is 310 g/mol. The van der Waals surface area contributed by atoms with Crippen LogP contribution in [0.1, 0.15) is 27.7 Å². The van der Waals surface area contributed by atoms with Crippen LogP contribution in [-0.4, -0.2) is 30.2 Å². The Hall–Kier alpha value is -2.02. The Morgan fingerprint density at radius 2 is 2.05 bits per heavy atom. The number of nitrogens with one attached hydrogen (secondary N) is 1. The molecule has 0 spiro atoms. The summed E-state index contributed by atoms with van der Waals surface area (Å²) in [6.45, 7) is 7.69. The van der Waals surface area contributed by atoms with Crippen molar-refractivity contribution in [1.29, 1.82) is 0 Å². The van der Waals surface area contributed by atoms with E-state index in [2.05, 4.69) is 5.32 Å². The van der Waals surface area contributed by atoms with E-state index < -0.39 is 16.6 Å². The fourth-order valence-corrected chi connectivity index (χ4v) is 1.98. The van der Waals surface area contributed by atoms with Crippen molar-refractivity contribution in [3.8, 4) is 0 Å². The van der Waals surface area contributed by atoms with E-state index in [9.17, 15) is 14.9 Å². The van der Waals surface area contributed by atoms with Crippen LogP contribution in [0, 0.1) is 10.1 Å². The molecule has 1 aromatic carbocycles. The highest BCUT2D eigenvalue weighted by atomic mass is 35.5. The van der Waals surface area contributed by atoms with E-state index in [-0.39, 0.29) is 16.4 Å². The number of carbonyl (C=O) groups is 1. The summed E-state index contributed by atoms with van der Waals surface area (Å²) in [5.41, 5.74) is -0.363. The minimum Gasteiger partial charge on any atom is -0.444 e. The third-order valence-corrected chi connectivity index (χ3v) is 3.09. The lowest BCUT2D eigenvalue weighted by Crippen LogP contribution is -2.27.